The summed E-state index contributed by atoms with van der Waals surface area (Å²) >= 11 is 1.76. The Morgan fingerprint density at radius 2 is 2.35 bits per heavy atom. The van der Waals surface area contributed by atoms with Crippen LogP contribution in [0.3, 0.4) is 0 Å². The van der Waals surface area contributed by atoms with E-state index >= 15 is 0 Å². The van der Waals surface area contributed by atoms with Gasteiger partial charge < -0.3 is 15.8 Å². The van der Waals surface area contributed by atoms with Crippen molar-refractivity contribution in [1.29, 1.82) is 0 Å². The molecule has 1 fully saturated rings. The van der Waals surface area contributed by atoms with Crippen LogP contribution in [-0.2, 0) is 13.0 Å². The van der Waals surface area contributed by atoms with E-state index in [9.17, 15) is 0 Å². The summed E-state index contributed by atoms with van der Waals surface area (Å²) < 4.78 is 5.68. The van der Waals surface area contributed by atoms with Gasteiger partial charge in [0, 0.05) is 23.7 Å². The second kappa shape index (κ2) is 7.97. The second-order valence-electron chi connectivity index (χ2n) is 5.71. The molecule has 0 atom stereocenters. The monoisotopic (exact) mass is 330 g/mol. The zero-order valence-electron chi connectivity index (χ0n) is 13.1. The van der Waals surface area contributed by atoms with Crippen LogP contribution in [-0.4, -0.2) is 24.1 Å². The number of aliphatic imine (C=N–C) groups is 1. The van der Waals surface area contributed by atoms with Crippen molar-refractivity contribution in [2.45, 2.75) is 25.8 Å². The molecule has 0 aliphatic heterocycles. The standard InChI is InChI=1S/C17H22N4OS/c18-17(20-8-6-15-2-1-9-23-15)21-11-14-5-7-19-16(10-14)22-12-13-3-4-13/h1-2,5,7,9-10,13H,3-4,6,8,11-12H2,(H3,18,20,21). The third-order valence-corrected chi connectivity index (χ3v) is 4.59. The molecule has 2 aromatic rings. The minimum Gasteiger partial charge on any atom is -0.477 e. The second-order valence-corrected chi connectivity index (χ2v) is 6.75. The van der Waals surface area contributed by atoms with Gasteiger partial charge in [0.2, 0.25) is 5.88 Å². The molecule has 0 bridgehead atoms. The fourth-order valence-corrected chi connectivity index (χ4v) is 2.83. The number of thiophene rings is 1. The average Bonchev–Trinajstić information content (AvgIpc) is 3.26. The van der Waals surface area contributed by atoms with Crippen molar-refractivity contribution in [3.05, 3.63) is 46.3 Å². The summed E-state index contributed by atoms with van der Waals surface area (Å²) in [6.07, 6.45) is 5.27. The van der Waals surface area contributed by atoms with Crippen LogP contribution < -0.4 is 15.8 Å². The minimum absolute atomic E-state index is 0.471. The van der Waals surface area contributed by atoms with Gasteiger partial charge in [-0.1, -0.05) is 6.07 Å². The van der Waals surface area contributed by atoms with Gasteiger partial charge in [-0.3, -0.25) is 0 Å². The van der Waals surface area contributed by atoms with Crippen LogP contribution in [0.2, 0.25) is 0 Å². The molecule has 6 heteroatoms. The predicted molar refractivity (Wildman–Crippen MR) is 93.8 cm³/mol. The van der Waals surface area contributed by atoms with Gasteiger partial charge in [-0.25, -0.2) is 9.98 Å². The topological polar surface area (TPSA) is 72.5 Å². The molecule has 3 rings (SSSR count). The van der Waals surface area contributed by atoms with Crippen LogP contribution in [0.15, 0.2) is 40.8 Å². The Balaban J connectivity index is 1.43. The van der Waals surface area contributed by atoms with Crippen molar-refractivity contribution in [1.82, 2.24) is 10.3 Å². The van der Waals surface area contributed by atoms with Crippen molar-refractivity contribution in [2.24, 2.45) is 16.6 Å². The van der Waals surface area contributed by atoms with E-state index in [1.807, 2.05) is 12.1 Å². The Kier molecular flexibility index (Phi) is 5.47. The molecule has 1 aliphatic rings. The van der Waals surface area contributed by atoms with E-state index in [0.717, 1.165) is 31.1 Å². The predicted octanol–water partition coefficient (Wildman–Crippen LogP) is 2.58. The molecular formula is C17H22N4OS. The number of guanidine groups is 1. The van der Waals surface area contributed by atoms with Crippen LogP contribution in [0, 0.1) is 5.92 Å². The van der Waals surface area contributed by atoms with Gasteiger partial charge in [-0.05, 0) is 48.3 Å². The first-order chi connectivity index (χ1) is 11.3. The molecule has 23 heavy (non-hydrogen) atoms. The van der Waals surface area contributed by atoms with E-state index in [1.54, 1.807) is 17.5 Å². The van der Waals surface area contributed by atoms with Gasteiger partial charge in [0.15, 0.2) is 5.96 Å². The molecule has 0 amide bonds. The summed E-state index contributed by atoms with van der Waals surface area (Å²) in [5.41, 5.74) is 6.95. The number of aromatic nitrogens is 1. The molecule has 2 heterocycles. The maximum atomic E-state index is 5.90. The number of nitrogens with two attached hydrogens (primary N) is 1. The Labute approximate surface area is 140 Å². The maximum absolute atomic E-state index is 5.90. The molecule has 1 aliphatic carbocycles. The van der Waals surface area contributed by atoms with Gasteiger partial charge in [0.25, 0.3) is 0 Å². The molecule has 0 spiro atoms. The van der Waals surface area contributed by atoms with Gasteiger partial charge in [-0.15, -0.1) is 11.3 Å². The third-order valence-electron chi connectivity index (χ3n) is 3.65. The van der Waals surface area contributed by atoms with Gasteiger partial charge >= 0.3 is 0 Å². The number of nitrogens with one attached hydrogen (secondary N) is 1. The lowest BCUT2D eigenvalue weighted by molar-refractivity contribution is 0.288. The number of hydrogen-bond acceptors (Lipinski definition) is 4. The fraction of sp³-hybridized carbons (Fsp3) is 0.412. The number of hydrogen-bond donors (Lipinski definition) is 2. The number of rotatable bonds is 8. The number of ether oxygens (including phenoxy) is 1. The van der Waals surface area contributed by atoms with Crippen LogP contribution in [0.25, 0.3) is 0 Å². The fourth-order valence-electron chi connectivity index (χ4n) is 2.12. The number of pyridine rings is 1. The quantitative estimate of drug-likeness (QED) is 0.576. The maximum Gasteiger partial charge on any atom is 0.213 e. The van der Waals surface area contributed by atoms with Crippen molar-refractivity contribution >= 4 is 17.3 Å². The van der Waals surface area contributed by atoms with Gasteiger partial charge in [-0.2, -0.15) is 0 Å². The third kappa shape index (κ3) is 5.56. The lowest BCUT2D eigenvalue weighted by Crippen LogP contribution is -2.33. The molecule has 2 aromatic heterocycles. The van der Waals surface area contributed by atoms with E-state index in [1.165, 1.54) is 17.7 Å². The molecule has 0 unspecified atom stereocenters. The molecule has 0 radical (unpaired) electrons. The molecule has 122 valence electrons. The van der Waals surface area contributed by atoms with Crippen LogP contribution in [0.1, 0.15) is 23.3 Å². The van der Waals surface area contributed by atoms with Crippen molar-refractivity contribution in [3.8, 4) is 5.88 Å². The van der Waals surface area contributed by atoms with Crippen molar-refractivity contribution in [2.75, 3.05) is 13.2 Å². The average molecular weight is 330 g/mol. The molecule has 0 aromatic carbocycles. The molecular weight excluding hydrogens is 308 g/mol. The van der Waals surface area contributed by atoms with Crippen LogP contribution >= 0.6 is 11.3 Å². The highest BCUT2D eigenvalue weighted by Crippen LogP contribution is 2.29. The van der Waals surface area contributed by atoms with Gasteiger partial charge in [0.1, 0.15) is 0 Å². The Morgan fingerprint density at radius 1 is 1.43 bits per heavy atom. The first-order valence-corrected chi connectivity index (χ1v) is 8.81. The molecule has 1 saturated carbocycles. The van der Waals surface area contributed by atoms with E-state index in [0.29, 0.717) is 18.4 Å². The highest BCUT2D eigenvalue weighted by atomic mass is 32.1. The normalized spacial score (nSPS) is 14.7. The lowest BCUT2D eigenvalue weighted by atomic mass is 10.3. The summed E-state index contributed by atoms with van der Waals surface area (Å²) in [6.45, 7) is 2.09. The summed E-state index contributed by atoms with van der Waals surface area (Å²) in [4.78, 5) is 9.94. The van der Waals surface area contributed by atoms with Crippen LogP contribution in [0.5, 0.6) is 5.88 Å². The minimum atomic E-state index is 0.471. The van der Waals surface area contributed by atoms with E-state index in [2.05, 4.69) is 32.8 Å². The molecule has 0 saturated heterocycles. The van der Waals surface area contributed by atoms with Crippen molar-refractivity contribution < 1.29 is 4.74 Å². The van der Waals surface area contributed by atoms with E-state index in [4.69, 9.17) is 10.5 Å². The summed E-state index contributed by atoms with van der Waals surface area (Å²) in [6, 6.07) is 8.06. The van der Waals surface area contributed by atoms with Crippen molar-refractivity contribution in [3.63, 3.8) is 0 Å². The highest BCUT2D eigenvalue weighted by Gasteiger charge is 2.22. The van der Waals surface area contributed by atoms with Crippen LogP contribution in [0.4, 0.5) is 0 Å². The largest absolute Gasteiger partial charge is 0.477 e. The summed E-state index contributed by atoms with van der Waals surface area (Å²) in [5, 5.41) is 5.22. The first kappa shape index (κ1) is 15.8. The zero-order chi connectivity index (χ0) is 15.9. The van der Waals surface area contributed by atoms with E-state index < -0.39 is 0 Å². The Morgan fingerprint density at radius 3 is 3.13 bits per heavy atom. The Hall–Kier alpha value is -2.08. The Bertz CT molecular complexity index is 638. The zero-order valence-corrected chi connectivity index (χ0v) is 13.9. The van der Waals surface area contributed by atoms with Gasteiger partial charge in [0.05, 0.1) is 13.2 Å². The molecule has 3 N–H and O–H groups in total. The molecule has 5 nitrogen and oxygen atoms in total. The number of nitrogens with zero attached hydrogens (tertiary/aromatic N) is 2. The highest BCUT2D eigenvalue weighted by molar-refractivity contribution is 7.09. The summed E-state index contributed by atoms with van der Waals surface area (Å²) in [5.74, 6) is 1.87. The summed E-state index contributed by atoms with van der Waals surface area (Å²) in [7, 11) is 0. The first-order valence-electron chi connectivity index (χ1n) is 7.93. The smallest absolute Gasteiger partial charge is 0.213 e. The lowest BCUT2D eigenvalue weighted by Gasteiger charge is -2.06. The SMILES string of the molecule is NC(=NCc1ccnc(OCC2CC2)c1)NCCc1cccs1. The van der Waals surface area contributed by atoms with E-state index in [-0.39, 0.29) is 0 Å².